The van der Waals surface area contributed by atoms with E-state index in [4.69, 9.17) is 4.74 Å². The molecule has 1 atom stereocenters. The molecule has 1 N–H and O–H groups in total. The van der Waals surface area contributed by atoms with Gasteiger partial charge in [-0.25, -0.2) is 0 Å². The van der Waals surface area contributed by atoms with Gasteiger partial charge in [-0.15, -0.1) is 0 Å². The molecule has 1 amide bonds. The van der Waals surface area contributed by atoms with Crippen molar-refractivity contribution in [3.8, 4) is 0 Å². The van der Waals surface area contributed by atoms with E-state index in [1.807, 2.05) is 29.2 Å². The maximum Gasteiger partial charge on any atom is 0.254 e. The van der Waals surface area contributed by atoms with Gasteiger partial charge in [0.25, 0.3) is 5.91 Å². The lowest BCUT2D eigenvalue weighted by molar-refractivity contribution is 0.0680. The fourth-order valence-electron chi connectivity index (χ4n) is 3.66. The fourth-order valence-corrected chi connectivity index (χ4v) is 3.66. The zero-order valence-electron chi connectivity index (χ0n) is 16.4. The number of aryl methyl sites for hydroxylation is 1. The topological polar surface area (TPSA) is 41.6 Å². The zero-order valence-corrected chi connectivity index (χ0v) is 16.4. The second kappa shape index (κ2) is 9.67. The minimum atomic E-state index is 0.0589. The Kier molecular flexibility index (Phi) is 7.02. The van der Waals surface area contributed by atoms with Crippen LogP contribution < -0.4 is 5.32 Å². The molecule has 0 spiro atoms. The molecule has 27 heavy (non-hydrogen) atoms. The molecule has 4 heteroatoms. The molecule has 2 aromatic carbocycles. The minimum absolute atomic E-state index is 0.0589. The van der Waals surface area contributed by atoms with Crippen molar-refractivity contribution >= 4 is 5.91 Å². The molecule has 0 aliphatic carbocycles. The molecule has 1 unspecified atom stereocenters. The molecule has 0 radical (unpaired) electrons. The first-order valence-corrected chi connectivity index (χ1v) is 9.82. The summed E-state index contributed by atoms with van der Waals surface area (Å²) in [5.41, 5.74) is 4.44. The van der Waals surface area contributed by atoms with Gasteiger partial charge in [0.05, 0.1) is 6.61 Å². The molecule has 0 saturated carbocycles. The standard InChI is InChI=1S/C23H30N2O2/c1-18-6-3-4-7-22(18)17-25(14-15-27-2)23(26)20-11-9-19(10-12-20)21-8-5-13-24-16-21/h3-4,6-7,9-12,21,24H,5,8,13-17H2,1-2H3. The van der Waals surface area contributed by atoms with E-state index in [-0.39, 0.29) is 5.91 Å². The van der Waals surface area contributed by atoms with Crippen LogP contribution in [0.1, 0.15) is 45.8 Å². The van der Waals surface area contributed by atoms with Crippen LogP contribution in [0.4, 0.5) is 0 Å². The molecule has 1 fully saturated rings. The zero-order chi connectivity index (χ0) is 19.1. The van der Waals surface area contributed by atoms with E-state index in [2.05, 4.69) is 36.5 Å². The second-order valence-electron chi connectivity index (χ2n) is 7.31. The van der Waals surface area contributed by atoms with Crippen LogP contribution in [0.5, 0.6) is 0 Å². The molecule has 0 aromatic heterocycles. The second-order valence-corrected chi connectivity index (χ2v) is 7.31. The molecule has 3 rings (SSSR count). The van der Waals surface area contributed by atoms with E-state index in [1.165, 1.54) is 29.5 Å². The van der Waals surface area contributed by atoms with Gasteiger partial charge >= 0.3 is 0 Å². The third kappa shape index (κ3) is 5.18. The van der Waals surface area contributed by atoms with Crippen molar-refractivity contribution in [2.24, 2.45) is 0 Å². The molecular weight excluding hydrogens is 336 g/mol. The first kappa shape index (κ1) is 19.6. The normalized spacial score (nSPS) is 16.9. The van der Waals surface area contributed by atoms with Crippen LogP contribution in [0.25, 0.3) is 0 Å². The van der Waals surface area contributed by atoms with Crippen LogP contribution in [-0.2, 0) is 11.3 Å². The predicted molar refractivity (Wildman–Crippen MR) is 109 cm³/mol. The highest BCUT2D eigenvalue weighted by Crippen LogP contribution is 2.24. The molecule has 0 bridgehead atoms. The summed E-state index contributed by atoms with van der Waals surface area (Å²) in [6, 6.07) is 16.4. The van der Waals surface area contributed by atoms with Gasteiger partial charge in [0.15, 0.2) is 0 Å². The van der Waals surface area contributed by atoms with E-state index >= 15 is 0 Å². The first-order chi connectivity index (χ1) is 13.2. The number of carbonyl (C=O) groups excluding carboxylic acids is 1. The van der Waals surface area contributed by atoms with Crippen molar-refractivity contribution in [3.63, 3.8) is 0 Å². The number of carbonyl (C=O) groups is 1. The number of piperidine rings is 1. The van der Waals surface area contributed by atoms with Crippen molar-refractivity contribution in [3.05, 3.63) is 70.8 Å². The largest absolute Gasteiger partial charge is 0.383 e. The first-order valence-electron chi connectivity index (χ1n) is 9.82. The van der Waals surface area contributed by atoms with E-state index in [1.54, 1.807) is 7.11 Å². The molecule has 1 heterocycles. The number of methoxy groups -OCH3 is 1. The SMILES string of the molecule is COCCN(Cc1ccccc1C)C(=O)c1ccc(C2CCCNC2)cc1. The Labute approximate surface area is 162 Å². The minimum Gasteiger partial charge on any atom is -0.383 e. The lowest BCUT2D eigenvalue weighted by Crippen LogP contribution is -2.33. The average Bonchev–Trinajstić information content (AvgIpc) is 2.72. The molecule has 2 aromatic rings. The smallest absolute Gasteiger partial charge is 0.254 e. The van der Waals surface area contributed by atoms with E-state index in [9.17, 15) is 4.79 Å². The van der Waals surface area contributed by atoms with Gasteiger partial charge in [-0.2, -0.15) is 0 Å². The average molecular weight is 367 g/mol. The van der Waals surface area contributed by atoms with Gasteiger partial charge in [-0.1, -0.05) is 36.4 Å². The van der Waals surface area contributed by atoms with Gasteiger partial charge in [0, 0.05) is 32.3 Å². The number of nitrogens with one attached hydrogen (secondary N) is 1. The molecule has 1 aliphatic heterocycles. The van der Waals surface area contributed by atoms with Crippen LogP contribution in [0, 0.1) is 6.92 Å². The summed E-state index contributed by atoms with van der Waals surface area (Å²) < 4.78 is 5.22. The van der Waals surface area contributed by atoms with Gasteiger partial charge < -0.3 is 15.0 Å². The van der Waals surface area contributed by atoms with Crippen molar-refractivity contribution in [2.45, 2.75) is 32.2 Å². The van der Waals surface area contributed by atoms with Crippen LogP contribution in [0.3, 0.4) is 0 Å². The fraction of sp³-hybridized carbons (Fsp3) is 0.435. The summed E-state index contributed by atoms with van der Waals surface area (Å²) in [7, 11) is 1.67. The van der Waals surface area contributed by atoms with Gasteiger partial charge in [0.2, 0.25) is 0 Å². The Hall–Kier alpha value is -2.17. The van der Waals surface area contributed by atoms with Crippen molar-refractivity contribution in [2.75, 3.05) is 33.4 Å². The highest BCUT2D eigenvalue weighted by Gasteiger charge is 2.19. The predicted octanol–water partition coefficient (Wildman–Crippen LogP) is 3.75. The number of hydrogen-bond acceptors (Lipinski definition) is 3. The van der Waals surface area contributed by atoms with Crippen molar-refractivity contribution in [1.29, 1.82) is 0 Å². The highest BCUT2D eigenvalue weighted by molar-refractivity contribution is 5.94. The quantitative estimate of drug-likeness (QED) is 0.811. The Bertz CT molecular complexity index is 736. The van der Waals surface area contributed by atoms with E-state index < -0.39 is 0 Å². The van der Waals surface area contributed by atoms with Crippen molar-refractivity contribution < 1.29 is 9.53 Å². The summed E-state index contributed by atoms with van der Waals surface area (Å²) >= 11 is 0. The number of amides is 1. The summed E-state index contributed by atoms with van der Waals surface area (Å²) in [6.45, 7) is 5.94. The number of benzene rings is 2. The number of hydrogen-bond donors (Lipinski definition) is 1. The lowest BCUT2D eigenvalue weighted by Gasteiger charge is -2.25. The Balaban J connectivity index is 1.73. The third-order valence-electron chi connectivity index (χ3n) is 5.40. The summed E-state index contributed by atoms with van der Waals surface area (Å²) in [5, 5.41) is 3.46. The molecule has 1 aliphatic rings. The van der Waals surface area contributed by atoms with Gasteiger partial charge in [-0.05, 0) is 61.1 Å². The summed E-state index contributed by atoms with van der Waals surface area (Å²) in [5.74, 6) is 0.614. The van der Waals surface area contributed by atoms with Crippen LogP contribution in [0.15, 0.2) is 48.5 Å². The van der Waals surface area contributed by atoms with Crippen LogP contribution >= 0.6 is 0 Å². The van der Waals surface area contributed by atoms with Crippen LogP contribution in [-0.4, -0.2) is 44.2 Å². The van der Waals surface area contributed by atoms with Gasteiger partial charge in [-0.3, -0.25) is 4.79 Å². The van der Waals surface area contributed by atoms with Crippen LogP contribution in [0.2, 0.25) is 0 Å². The monoisotopic (exact) mass is 366 g/mol. The summed E-state index contributed by atoms with van der Waals surface area (Å²) in [4.78, 5) is 15.0. The Morgan fingerprint density at radius 1 is 1.19 bits per heavy atom. The molecule has 144 valence electrons. The Morgan fingerprint density at radius 2 is 1.96 bits per heavy atom. The maximum atomic E-state index is 13.1. The molecular formula is C23H30N2O2. The number of nitrogens with zero attached hydrogens (tertiary/aromatic N) is 1. The van der Waals surface area contributed by atoms with Crippen molar-refractivity contribution in [1.82, 2.24) is 10.2 Å². The summed E-state index contributed by atoms with van der Waals surface area (Å²) in [6.07, 6.45) is 2.43. The van der Waals surface area contributed by atoms with Gasteiger partial charge in [0.1, 0.15) is 0 Å². The lowest BCUT2D eigenvalue weighted by atomic mass is 9.91. The highest BCUT2D eigenvalue weighted by atomic mass is 16.5. The third-order valence-corrected chi connectivity index (χ3v) is 5.40. The molecule has 1 saturated heterocycles. The number of ether oxygens (including phenoxy) is 1. The maximum absolute atomic E-state index is 13.1. The number of rotatable bonds is 7. The Morgan fingerprint density at radius 3 is 2.63 bits per heavy atom. The van der Waals surface area contributed by atoms with E-state index in [0.717, 1.165) is 18.7 Å². The molecule has 4 nitrogen and oxygen atoms in total. The van der Waals surface area contributed by atoms with E-state index in [0.29, 0.717) is 25.6 Å².